The van der Waals surface area contributed by atoms with E-state index in [4.69, 9.17) is 4.74 Å². The lowest BCUT2D eigenvalue weighted by Crippen LogP contribution is -2.53. The second-order valence-corrected chi connectivity index (χ2v) is 9.13. The van der Waals surface area contributed by atoms with Crippen LogP contribution in [0.5, 0.6) is 5.75 Å². The highest BCUT2D eigenvalue weighted by Gasteiger charge is 2.31. The number of aryl methyl sites for hydroxylation is 2. The molecule has 3 aromatic carbocycles. The maximum Gasteiger partial charge on any atom is 0.261 e. The highest BCUT2D eigenvalue weighted by Crippen LogP contribution is 2.17. The third-order valence-corrected chi connectivity index (χ3v) is 6.13. The van der Waals surface area contributed by atoms with Gasteiger partial charge in [-0.25, -0.2) is 0 Å². The quantitative estimate of drug-likeness (QED) is 0.415. The van der Waals surface area contributed by atoms with E-state index in [1.165, 1.54) is 0 Å². The molecule has 3 rings (SSSR count). The van der Waals surface area contributed by atoms with Crippen LogP contribution in [0, 0.1) is 13.8 Å². The fourth-order valence-electron chi connectivity index (χ4n) is 3.75. The van der Waals surface area contributed by atoms with Gasteiger partial charge < -0.3 is 15.0 Å². The van der Waals surface area contributed by atoms with Gasteiger partial charge in [0.25, 0.3) is 5.91 Å². The van der Waals surface area contributed by atoms with E-state index in [1.54, 1.807) is 4.90 Å². The summed E-state index contributed by atoms with van der Waals surface area (Å²) in [5, 5.41) is 3.09. The number of carbonyl (C=O) groups is 2. The van der Waals surface area contributed by atoms with Crippen molar-refractivity contribution >= 4 is 11.8 Å². The number of hydrogen-bond acceptors (Lipinski definition) is 3. The minimum Gasteiger partial charge on any atom is -0.484 e. The van der Waals surface area contributed by atoms with Crippen molar-refractivity contribution in [3.63, 3.8) is 0 Å². The number of rotatable bonds is 11. The Kier molecular flexibility index (Phi) is 9.47. The zero-order valence-electron chi connectivity index (χ0n) is 21.2. The number of ether oxygens (including phenoxy) is 1. The van der Waals surface area contributed by atoms with E-state index in [0.717, 1.165) is 28.7 Å². The van der Waals surface area contributed by atoms with Gasteiger partial charge in [-0.3, -0.25) is 9.59 Å². The summed E-state index contributed by atoms with van der Waals surface area (Å²) in [7, 11) is 0. The largest absolute Gasteiger partial charge is 0.484 e. The molecule has 2 amide bonds. The zero-order chi connectivity index (χ0) is 25.2. The second-order valence-electron chi connectivity index (χ2n) is 9.13. The van der Waals surface area contributed by atoms with E-state index in [1.807, 2.05) is 107 Å². The van der Waals surface area contributed by atoms with E-state index in [-0.39, 0.29) is 24.5 Å². The molecule has 1 N–H and O–H groups in total. The molecule has 3 aromatic rings. The molecule has 0 heterocycles. The van der Waals surface area contributed by atoms with Crippen molar-refractivity contribution in [1.82, 2.24) is 10.2 Å². The van der Waals surface area contributed by atoms with Crippen LogP contribution in [0.4, 0.5) is 0 Å². The molecule has 0 saturated heterocycles. The molecule has 0 aliphatic heterocycles. The summed E-state index contributed by atoms with van der Waals surface area (Å²) in [6.07, 6.45) is 1.23. The molecule has 5 nitrogen and oxygen atoms in total. The van der Waals surface area contributed by atoms with Crippen LogP contribution in [-0.4, -0.2) is 35.4 Å². The van der Waals surface area contributed by atoms with Crippen LogP contribution in [0.25, 0.3) is 0 Å². The van der Waals surface area contributed by atoms with E-state index in [2.05, 4.69) is 5.32 Å². The van der Waals surface area contributed by atoms with Gasteiger partial charge in [-0.15, -0.1) is 0 Å². The van der Waals surface area contributed by atoms with E-state index >= 15 is 0 Å². The number of amides is 2. The Bertz CT molecular complexity index is 1080. The lowest BCUT2D eigenvalue weighted by atomic mass is 10.0. The first kappa shape index (κ1) is 26.0. The monoisotopic (exact) mass is 472 g/mol. The van der Waals surface area contributed by atoms with Gasteiger partial charge >= 0.3 is 0 Å². The predicted octanol–water partition coefficient (Wildman–Crippen LogP) is 5.24. The summed E-state index contributed by atoms with van der Waals surface area (Å²) in [4.78, 5) is 28.7. The first-order chi connectivity index (χ1) is 16.9. The van der Waals surface area contributed by atoms with Crippen molar-refractivity contribution < 1.29 is 14.3 Å². The molecule has 0 aromatic heterocycles. The van der Waals surface area contributed by atoms with Crippen molar-refractivity contribution in [3.8, 4) is 5.75 Å². The summed E-state index contributed by atoms with van der Waals surface area (Å²) in [6, 6.07) is 24.8. The molecule has 184 valence electrons. The summed E-state index contributed by atoms with van der Waals surface area (Å²) >= 11 is 0. The zero-order valence-corrected chi connectivity index (χ0v) is 21.2. The maximum absolute atomic E-state index is 13.6. The molecule has 0 radical (unpaired) electrons. The number of carbonyl (C=O) groups excluding carboxylic acids is 2. The molecule has 35 heavy (non-hydrogen) atoms. The first-order valence-corrected chi connectivity index (χ1v) is 12.2. The van der Waals surface area contributed by atoms with Crippen LogP contribution in [-0.2, 0) is 22.6 Å². The predicted molar refractivity (Wildman–Crippen MR) is 140 cm³/mol. The normalized spacial score (nSPS) is 12.5. The molecule has 0 unspecified atom stereocenters. The van der Waals surface area contributed by atoms with Crippen LogP contribution in [0.15, 0.2) is 78.9 Å². The Morgan fingerprint density at radius 2 is 1.46 bits per heavy atom. The molecular weight excluding hydrogens is 436 g/mol. The standard InChI is InChI=1S/C30H36N2O3/c1-5-24(4)31-30(34)28(19-25-9-7-6-8-10-25)32(20-26-15-11-22(2)12-16-26)29(33)21-35-27-17-13-23(3)14-18-27/h6-18,24,28H,5,19-21H2,1-4H3,(H,31,34)/t24-,28-/m0/s1. The van der Waals surface area contributed by atoms with Gasteiger partial charge in [-0.05, 0) is 50.5 Å². The van der Waals surface area contributed by atoms with Crippen LogP contribution in [0.3, 0.4) is 0 Å². The van der Waals surface area contributed by atoms with Gasteiger partial charge in [0.15, 0.2) is 6.61 Å². The van der Waals surface area contributed by atoms with Crippen LogP contribution >= 0.6 is 0 Å². The molecular formula is C30H36N2O3. The van der Waals surface area contributed by atoms with Crippen molar-refractivity contribution in [2.45, 2.75) is 59.2 Å². The number of nitrogens with zero attached hydrogens (tertiary/aromatic N) is 1. The van der Waals surface area contributed by atoms with Gasteiger partial charge in [-0.2, -0.15) is 0 Å². The van der Waals surface area contributed by atoms with Gasteiger partial charge in [0.2, 0.25) is 5.91 Å². The van der Waals surface area contributed by atoms with Crippen LogP contribution < -0.4 is 10.1 Å². The molecule has 0 spiro atoms. The Morgan fingerprint density at radius 1 is 0.857 bits per heavy atom. The lowest BCUT2D eigenvalue weighted by molar-refractivity contribution is -0.143. The molecule has 0 fully saturated rings. The van der Waals surface area contributed by atoms with Crippen molar-refractivity contribution in [2.75, 3.05) is 6.61 Å². The fourth-order valence-corrected chi connectivity index (χ4v) is 3.75. The minimum atomic E-state index is -0.665. The highest BCUT2D eigenvalue weighted by molar-refractivity contribution is 5.88. The Morgan fingerprint density at radius 3 is 2.06 bits per heavy atom. The molecule has 0 saturated carbocycles. The molecule has 2 atom stereocenters. The van der Waals surface area contributed by atoms with Crippen molar-refractivity contribution in [2.24, 2.45) is 0 Å². The Balaban J connectivity index is 1.89. The van der Waals surface area contributed by atoms with Crippen LogP contribution in [0.1, 0.15) is 42.5 Å². The summed E-state index contributed by atoms with van der Waals surface area (Å²) in [5.74, 6) is 0.244. The minimum absolute atomic E-state index is 0.0147. The number of hydrogen-bond donors (Lipinski definition) is 1. The van der Waals surface area contributed by atoms with Gasteiger partial charge in [0.05, 0.1) is 0 Å². The average molecular weight is 473 g/mol. The van der Waals surface area contributed by atoms with Gasteiger partial charge in [0.1, 0.15) is 11.8 Å². The van der Waals surface area contributed by atoms with Crippen LogP contribution in [0.2, 0.25) is 0 Å². The van der Waals surface area contributed by atoms with E-state index < -0.39 is 6.04 Å². The van der Waals surface area contributed by atoms with Gasteiger partial charge in [-0.1, -0.05) is 84.8 Å². The third kappa shape index (κ3) is 7.99. The molecule has 0 aliphatic rings. The number of nitrogens with one attached hydrogen (secondary N) is 1. The summed E-state index contributed by atoms with van der Waals surface area (Å²) in [6.45, 7) is 8.22. The highest BCUT2D eigenvalue weighted by atomic mass is 16.5. The molecule has 0 aliphatic carbocycles. The van der Waals surface area contributed by atoms with Crippen molar-refractivity contribution in [3.05, 3.63) is 101 Å². The maximum atomic E-state index is 13.6. The lowest BCUT2D eigenvalue weighted by Gasteiger charge is -2.32. The van der Waals surface area contributed by atoms with E-state index in [9.17, 15) is 9.59 Å². The summed E-state index contributed by atoms with van der Waals surface area (Å²) in [5.41, 5.74) is 4.23. The Labute approximate surface area is 209 Å². The summed E-state index contributed by atoms with van der Waals surface area (Å²) < 4.78 is 5.82. The number of benzene rings is 3. The Hall–Kier alpha value is -3.60. The topological polar surface area (TPSA) is 58.6 Å². The first-order valence-electron chi connectivity index (χ1n) is 12.2. The van der Waals surface area contributed by atoms with Gasteiger partial charge in [0, 0.05) is 19.0 Å². The molecule has 0 bridgehead atoms. The third-order valence-electron chi connectivity index (χ3n) is 6.13. The average Bonchev–Trinajstić information content (AvgIpc) is 2.87. The smallest absolute Gasteiger partial charge is 0.261 e. The fraction of sp³-hybridized carbons (Fsp3) is 0.333. The molecule has 5 heteroatoms. The van der Waals surface area contributed by atoms with E-state index in [0.29, 0.717) is 18.7 Å². The van der Waals surface area contributed by atoms with Crippen molar-refractivity contribution in [1.29, 1.82) is 0 Å². The SMILES string of the molecule is CC[C@H](C)NC(=O)[C@H](Cc1ccccc1)N(Cc1ccc(C)cc1)C(=O)COc1ccc(C)cc1. The second kappa shape index (κ2) is 12.7.